The van der Waals surface area contributed by atoms with Gasteiger partial charge in [-0.05, 0) is 71.9 Å². The van der Waals surface area contributed by atoms with Crippen LogP contribution in [-0.4, -0.2) is 48.6 Å². The Bertz CT molecular complexity index is 1540. The maximum absolute atomic E-state index is 13.9. The Hall–Kier alpha value is -3.38. The van der Waals surface area contributed by atoms with Crippen LogP contribution in [0.25, 0.3) is 0 Å². The van der Waals surface area contributed by atoms with E-state index in [1.165, 1.54) is 6.42 Å². The first-order valence-electron chi connectivity index (χ1n) is 17.2. The molecule has 4 rings (SSSR count). The number of carbonyl (C=O) groups excluding carboxylic acids is 1. The van der Waals surface area contributed by atoms with Gasteiger partial charge in [-0.3, -0.25) is 14.8 Å². The van der Waals surface area contributed by atoms with E-state index in [4.69, 9.17) is 13.9 Å². The lowest BCUT2D eigenvalue weighted by molar-refractivity contribution is -0.124. The molecule has 3 aromatic carbocycles. The fourth-order valence-corrected chi connectivity index (χ4v) is 9.71. The third-order valence-corrected chi connectivity index (χ3v) is 14.6. The molecule has 9 nitrogen and oxygen atoms in total. The zero-order chi connectivity index (χ0) is 34.6. The fraction of sp³-hybridized carbons (Fsp3) is 0.486. The van der Waals surface area contributed by atoms with Crippen molar-refractivity contribution in [2.45, 2.75) is 95.8 Å². The molecule has 48 heavy (non-hydrogen) atoms. The summed E-state index contributed by atoms with van der Waals surface area (Å²) in [5.41, 5.74) is 2.95. The first-order valence-corrected chi connectivity index (χ1v) is 21.6. The molecule has 0 saturated heterocycles. The quantitative estimate of drug-likeness (QED) is 0.118. The van der Waals surface area contributed by atoms with Gasteiger partial charge >= 0.3 is 0 Å². The van der Waals surface area contributed by atoms with E-state index in [2.05, 4.69) is 36.1 Å². The van der Waals surface area contributed by atoms with Gasteiger partial charge in [0.25, 0.3) is 0 Å². The van der Waals surface area contributed by atoms with Gasteiger partial charge in [0.15, 0.2) is 8.32 Å². The van der Waals surface area contributed by atoms with Crippen molar-refractivity contribution < 1.29 is 27.1 Å². The fourth-order valence-electron chi connectivity index (χ4n) is 6.33. The van der Waals surface area contributed by atoms with Crippen LogP contribution >= 0.6 is 0 Å². The Morgan fingerprint density at radius 1 is 0.896 bits per heavy atom. The highest BCUT2D eigenvalue weighted by Crippen LogP contribution is 2.35. The molecule has 3 N–H and O–H groups in total. The smallest absolute Gasteiger partial charge is 0.241 e. The molecule has 2 atom stereocenters. The zero-order valence-corrected chi connectivity index (χ0v) is 30.9. The molecule has 0 heterocycles. The van der Waals surface area contributed by atoms with E-state index in [1.54, 1.807) is 19.2 Å². The average molecular weight is 696 g/mol. The summed E-state index contributed by atoms with van der Waals surface area (Å²) in [6.07, 6.45) is 6.10. The van der Waals surface area contributed by atoms with Crippen molar-refractivity contribution in [1.29, 1.82) is 0 Å². The Balaban J connectivity index is 1.67. The summed E-state index contributed by atoms with van der Waals surface area (Å²) in [5.74, 6) is 1.07. The van der Waals surface area contributed by atoms with E-state index in [1.807, 2.05) is 60.7 Å². The number of amides is 1. The Morgan fingerprint density at radius 3 is 2.15 bits per heavy atom. The van der Waals surface area contributed by atoms with E-state index in [0.717, 1.165) is 72.5 Å². The SMILES string of the molecule is CC[Si](CC)(CC)OC(CNC(C(=O)NC1CCCCC1)c1ccc(OC)cc1)c1ccc(OCc2ccccc2)c(NS(C)(=O)=O)c1. The van der Waals surface area contributed by atoms with Crippen LogP contribution in [-0.2, 0) is 25.9 Å². The molecule has 0 spiro atoms. The molecule has 1 saturated carbocycles. The number of rotatable bonds is 18. The molecule has 3 aromatic rings. The second-order valence-electron chi connectivity index (χ2n) is 12.7. The number of ether oxygens (including phenoxy) is 2. The lowest BCUT2D eigenvalue weighted by atomic mass is 9.95. The zero-order valence-electron chi connectivity index (χ0n) is 29.1. The summed E-state index contributed by atoms with van der Waals surface area (Å²) in [5, 5.41) is 6.86. The first-order chi connectivity index (χ1) is 23.1. The lowest BCUT2D eigenvalue weighted by Gasteiger charge is -2.35. The summed E-state index contributed by atoms with van der Waals surface area (Å²) < 4.78 is 46.2. The van der Waals surface area contributed by atoms with Crippen molar-refractivity contribution >= 4 is 29.9 Å². The number of sulfonamides is 1. The van der Waals surface area contributed by atoms with E-state index in [-0.39, 0.29) is 18.6 Å². The van der Waals surface area contributed by atoms with Gasteiger partial charge in [-0.25, -0.2) is 8.42 Å². The van der Waals surface area contributed by atoms with Crippen LogP contribution in [0.15, 0.2) is 72.8 Å². The van der Waals surface area contributed by atoms with Gasteiger partial charge in [0.2, 0.25) is 15.9 Å². The van der Waals surface area contributed by atoms with Crippen LogP contribution in [0.1, 0.15) is 81.7 Å². The number of methoxy groups -OCH3 is 1. The normalized spacial score (nSPS) is 15.4. The maximum atomic E-state index is 13.9. The van der Waals surface area contributed by atoms with Crippen molar-refractivity contribution in [1.82, 2.24) is 10.6 Å². The van der Waals surface area contributed by atoms with Crippen molar-refractivity contribution in [3.8, 4) is 11.5 Å². The van der Waals surface area contributed by atoms with Gasteiger partial charge in [0.05, 0.1) is 25.2 Å². The van der Waals surface area contributed by atoms with Gasteiger partial charge in [-0.1, -0.05) is 88.6 Å². The van der Waals surface area contributed by atoms with E-state index < -0.39 is 30.5 Å². The minimum Gasteiger partial charge on any atom is -0.497 e. The number of carbonyl (C=O) groups is 1. The highest BCUT2D eigenvalue weighted by Gasteiger charge is 2.34. The molecule has 1 fully saturated rings. The van der Waals surface area contributed by atoms with Gasteiger partial charge < -0.3 is 19.2 Å². The average Bonchev–Trinajstić information content (AvgIpc) is 3.10. The van der Waals surface area contributed by atoms with Gasteiger partial charge in [-0.2, -0.15) is 0 Å². The lowest BCUT2D eigenvalue weighted by Crippen LogP contribution is -2.45. The standard InChI is InChI=1S/C37H53N3O6SSi/c1-6-48(7-2,8-3)46-35(30-21-24-34(33(25-30)40-47(5,42)43)45-27-28-15-11-9-12-16-28)26-38-36(29-19-22-32(44-4)23-20-29)37(41)39-31-17-13-10-14-18-31/h9,11-12,15-16,19-25,31,35-36,38,40H,6-8,10,13-14,17-18,26-27H2,1-5H3,(H,39,41). The van der Waals surface area contributed by atoms with Gasteiger partial charge in [0, 0.05) is 12.6 Å². The summed E-state index contributed by atoms with van der Waals surface area (Å²) in [6, 6.07) is 25.2. The Labute approximate surface area is 288 Å². The third kappa shape index (κ3) is 10.8. The minimum absolute atomic E-state index is 0.0695. The predicted molar refractivity (Wildman–Crippen MR) is 195 cm³/mol. The summed E-state index contributed by atoms with van der Waals surface area (Å²) in [7, 11) is -4.14. The Kier molecular flexibility index (Phi) is 13.9. The van der Waals surface area contributed by atoms with E-state index in [0.29, 0.717) is 18.0 Å². The number of benzene rings is 3. The molecular weight excluding hydrogens is 643 g/mol. The molecule has 262 valence electrons. The summed E-state index contributed by atoms with van der Waals surface area (Å²) in [6.45, 7) is 7.17. The minimum atomic E-state index is -3.61. The van der Waals surface area contributed by atoms with Crippen LogP contribution in [0, 0.1) is 0 Å². The van der Waals surface area contributed by atoms with Crippen LogP contribution in [0.4, 0.5) is 5.69 Å². The van der Waals surface area contributed by atoms with Crippen molar-refractivity contribution in [2.24, 2.45) is 0 Å². The highest BCUT2D eigenvalue weighted by molar-refractivity contribution is 7.92. The molecule has 1 aliphatic carbocycles. The number of hydrogen-bond acceptors (Lipinski definition) is 7. The highest BCUT2D eigenvalue weighted by atomic mass is 32.2. The number of nitrogens with one attached hydrogen (secondary N) is 3. The van der Waals surface area contributed by atoms with Crippen molar-refractivity contribution in [2.75, 3.05) is 24.6 Å². The molecule has 11 heteroatoms. The number of hydrogen-bond donors (Lipinski definition) is 3. The van der Waals surface area contributed by atoms with E-state index >= 15 is 0 Å². The van der Waals surface area contributed by atoms with Crippen LogP contribution in [0.3, 0.4) is 0 Å². The van der Waals surface area contributed by atoms with Crippen molar-refractivity contribution in [3.05, 3.63) is 89.5 Å². The predicted octanol–water partition coefficient (Wildman–Crippen LogP) is 7.49. The molecule has 1 aliphatic rings. The molecule has 1 amide bonds. The van der Waals surface area contributed by atoms with Crippen LogP contribution < -0.4 is 24.8 Å². The first kappa shape index (κ1) is 37.4. The second kappa shape index (κ2) is 17.9. The molecule has 0 bridgehead atoms. The largest absolute Gasteiger partial charge is 0.497 e. The second-order valence-corrected chi connectivity index (χ2v) is 19.2. The molecule has 0 radical (unpaired) electrons. The monoisotopic (exact) mass is 695 g/mol. The van der Waals surface area contributed by atoms with E-state index in [9.17, 15) is 13.2 Å². The summed E-state index contributed by atoms with van der Waals surface area (Å²) >= 11 is 0. The van der Waals surface area contributed by atoms with Gasteiger partial charge in [0.1, 0.15) is 24.1 Å². The molecule has 0 aliphatic heterocycles. The molecular formula is C37H53N3O6SSi. The van der Waals surface area contributed by atoms with Gasteiger partial charge in [-0.15, -0.1) is 0 Å². The maximum Gasteiger partial charge on any atom is 0.241 e. The third-order valence-electron chi connectivity index (χ3n) is 9.40. The molecule has 2 unspecified atom stereocenters. The van der Waals surface area contributed by atoms with Crippen LogP contribution in [0.5, 0.6) is 11.5 Å². The number of anilines is 1. The summed E-state index contributed by atoms with van der Waals surface area (Å²) in [4.78, 5) is 13.9. The van der Waals surface area contributed by atoms with Crippen LogP contribution in [0.2, 0.25) is 18.1 Å². The van der Waals surface area contributed by atoms with Crippen molar-refractivity contribution in [3.63, 3.8) is 0 Å². The topological polar surface area (TPSA) is 115 Å². The Morgan fingerprint density at radius 2 is 1.54 bits per heavy atom. The molecule has 0 aromatic heterocycles.